The van der Waals surface area contributed by atoms with Crippen LogP contribution in [0.2, 0.25) is 0 Å². The molecule has 0 amide bonds. The number of nitrogens with zero attached hydrogens (tertiary/aromatic N) is 4. The summed E-state index contributed by atoms with van der Waals surface area (Å²) in [6.45, 7) is 22.5. The lowest BCUT2D eigenvalue weighted by Crippen LogP contribution is -2.21. The van der Waals surface area contributed by atoms with Crippen LogP contribution in [0.1, 0.15) is 55.6 Å². The van der Waals surface area contributed by atoms with Crippen molar-refractivity contribution in [2.24, 2.45) is 0 Å². The van der Waals surface area contributed by atoms with Crippen LogP contribution in [0.4, 0.5) is 34.3 Å². The molecule has 232 valence electrons. The average molecular weight is 605 g/mol. The SMILES string of the molecule is Cc1cc(C)c(N(c2c(C)cc(C)cc2C)c2c(C)c(C)c(N(c3ccncn3)c3cccc4ccccc34)c(C)c2C)c(C)c1. The van der Waals surface area contributed by atoms with Gasteiger partial charge in [0, 0.05) is 11.6 Å². The molecule has 5 aromatic carbocycles. The van der Waals surface area contributed by atoms with Crippen LogP contribution in [-0.4, -0.2) is 9.97 Å². The lowest BCUT2D eigenvalue weighted by atomic mass is 9.91. The molecule has 1 heterocycles. The Morgan fingerprint density at radius 2 is 0.957 bits per heavy atom. The third kappa shape index (κ3) is 5.22. The molecule has 0 atom stereocenters. The molecule has 0 unspecified atom stereocenters. The number of anilines is 6. The second-order valence-electron chi connectivity index (χ2n) is 12.9. The maximum atomic E-state index is 4.80. The van der Waals surface area contributed by atoms with E-state index in [9.17, 15) is 0 Å². The maximum absolute atomic E-state index is 4.80. The first-order chi connectivity index (χ1) is 22.0. The molecule has 1 aromatic heterocycles. The maximum Gasteiger partial charge on any atom is 0.140 e. The summed E-state index contributed by atoms with van der Waals surface area (Å²) >= 11 is 0. The van der Waals surface area contributed by atoms with E-state index in [-0.39, 0.29) is 0 Å². The second-order valence-corrected chi connectivity index (χ2v) is 12.9. The minimum atomic E-state index is 0.844. The largest absolute Gasteiger partial charge is 0.309 e. The van der Waals surface area contributed by atoms with Gasteiger partial charge in [0.1, 0.15) is 12.1 Å². The van der Waals surface area contributed by atoms with Crippen molar-refractivity contribution in [3.63, 3.8) is 0 Å². The molecule has 0 saturated heterocycles. The van der Waals surface area contributed by atoms with Crippen molar-refractivity contribution in [3.05, 3.63) is 141 Å². The van der Waals surface area contributed by atoms with E-state index in [2.05, 4.69) is 151 Å². The molecule has 46 heavy (non-hydrogen) atoms. The first-order valence-corrected chi connectivity index (χ1v) is 16.1. The van der Waals surface area contributed by atoms with E-state index in [1.807, 2.05) is 12.3 Å². The lowest BCUT2D eigenvalue weighted by Gasteiger charge is -2.37. The fraction of sp³-hybridized carbons (Fsp3) is 0.238. The van der Waals surface area contributed by atoms with Gasteiger partial charge >= 0.3 is 0 Å². The van der Waals surface area contributed by atoms with E-state index in [0.29, 0.717) is 0 Å². The molecule has 4 heteroatoms. The Hall–Kier alpha value is -4.96. The molecule has 0 spiro atoms. The van der Waals surface area contributed by atoms with Gasteiger partial charge in [0.2, 0.25) is 0 Å². The number of fused-ring (bicyclic) bond motifs is 1. The minimum Gasteiger partial charge on any atom is -0.309 e. The standard InChI is InChI=1S/C42H44N4/c1-25-20-27(3)39(28(4)21-25)46(40-29(5)22-26(2)23-30(40)6)42-33(9)31(7)41(32(8)34(42)10)45(38-18-19-43-24-44-38)37-17-13-15-35-14-11-12-16-36(35)37/h11-24H,1-10H3. The van der Waals surface area contributed by atoms with Gasteiger partial charge in [-0.2, -0.15) is 0 Å². The van der Waals surface area contributed by atoms with E-state index in [1.54, 1.807) is 6.33 Å². The van der Waals surface area contributed by atoms with Crippen molar-refractivity contribution < 1.29 is 0 Å². The monoisotopic (exact) mass is 604 g/mol. The molecule has 0 aliphatic carbocycles. The van der Waals surface area contributed by atoms with Crippen LogP contribution in [0.3, 0.4) is 0 Å². The predicted molar refractivity (Wildman–Crippen MR) is 196 cm³/mol. The van der Waals surface area contributed by atoms with E-state index in [4.69, 9.17) is 4.98 Å². The average Bonchev–Trinajstić information content (AvgIpc) is 3.01. The molecule has 0 aliphatic heterocycles. The first kappa shape index (κ1) is 31.0. The number of benzene rings is 5. The number of aryl methyl sites for hydroxylation is 6. The molecule has 0 radical (unpaired) electrons. The summed E-state index contributed by atoms with van der Waals surface area (Å²) in [6, 6.07) is 26.3. The minimum absolute atomic E-state index is 0.844. The molecule has 0 bridgehead atoms. The Morgan fingerprint density at radius 3 is 1.46 bits per heavy atom. The summed E-state index contributed by atoms with van der Waals surface area (Å²) in [5.74, 6) is 0.844. The first-order valence-electron chi connectivity index (χ1n) is 16.1. The van der Waals surface area contributed by atoms with Crippen LogP contribution in [0.25, 0.3) is 10.8 Å². The van der Waals surface area contributed by atoms with Crippen LogP contribution in [0.5, 0.6) is 0 Å². The normalized spacial score (nSPS) is 11.3. The van der Waals surface area contributed by atoms with Crippen molar-refractivity contribution in [2.75, 3.05) is 9.80 Å². The highest BCUT2D eigenvalue weighted by molar-refractivity contribution is 6.00. The third-order valence-corrected chi connectivity index (χ3v) is 9.51. The fourth-order valence-electron chi connectivity index (χ4n) is 7.51. The lowest BCUT2D eigenvalue weighted by molar-refractivity contribution is 1.08. The zero-order valence-electron chi connectivity index (χ0n) is 28.9. The van der Waals surface area contributed by atoms with Gasteiger partial charge < -0.3 is 4.90 Å². The Kier molecular flexibility index (Phi) is 8.16. The topological polar surface area (TPSA) is 32.3 Å². The van der Waals surface area contributed by atoms with Crippen LogP contribution in [-0.2, 0) is 0 Å². The van der Waals surface area contributed by atoms with Crippen LogP contribution in [0.15, 0.2) is 85.3 Å². The van der Waals surface area contributed by atoms with Crippen molar-refractivity contribution >= 4 is 45.0 Å². The smallest absolute Gasteiger partial charge is 0.140 e. The van der Waals surface area contributed by atoms with Crippen molar-refractivity contribution in [2.45, 2.75) is 69.2 Å². The van der Waals surface area contributed by atoms with Crippen molar-refractivity contribution in [1.82, 2.24) is 9.97 Å². The zero-order valence-corrected chi connectivity index (χ0v) is 28.9. The number of hydrogen-bond donors (Lipinski definition) is 0. The zero-order chi connectivity index (χ0) is 32.9. The predicted octanol–water partition coefficient (Wildman–Crippen LogP) is 11.7. The summed E-state index contributed by atoms with van der Waals surface area (Å²) in [4.78, 5) is 13.9. The summed E-state index contributed by atoms with van der Waals surface area (Å²) in [6.07, 6.45) is 3.46. The molecule has 0 fully saturated rings. The van der Waals surface area contributed by atoms with Gasteiger partial charge in [0.05, 0.1) is 28.4 Å². The summed E-state index contributed by atoms with van der Waals surface area (Å²) in [5.41, 5.74) is 18.6. The van der Waals surface area contributed by atoms with Crippen LogP contribution < -0.4 is 9.80 Å². The molecular formula is C42H44N4. The summed E-state index contributed by atoms with van der Waals surface area (Å²) < 4.78 is 0. The van der Waals surface area contributed by atoms with Gasteiger partial charge in [-0.05, 0) is 131 Å². The van der Waals surface area contributed by atoms with Gasteiger partial charge in [-0.25, -0.2) is 9.97 Å². The highest BCUT2D eigenvalue weighted by atomic mass is 15.2. The van der Waals surface area contributed by atoms with E-state index in [0.717, 1.165) is 17.2 Å². The molecule has 4 nitrogen and oxygen atoms in total. The molecule has 0 aliphatic rings. The van der Waals surface area contributed by atoms with Crippen molar-refractivity contribution in [1.29, 1.82) is 0 Å². The van der Waals surface area contributed by atoms with Crippen molar-refractivity contribution in [3.8, 4) is 0 Å². The van der Waals surface area contributed by atoms with E-state index < -0.39 is 0 Å². The Balaban J connectivity index is 1.70. The highest BCUT2D eigenvalue weighted by Crippen LogP contribution is 2.50. The number of rotatable bonds is 6. The number of aromatic nitrogens is 2. The summed E-state index contributed by atoms with van der Waals surface area (Å²) in [7, 11) is 0. The fourth-order valence-corrected chi connectivity index (χ4v) is 7.51. The Morgan fingerprint density at radius 1 is 0.478 bits per heavy atom. The van der Waals surface area contributed by atoms with Crippen LogP contribution in [0, 0.1) is 69.2 Å². The molecular weight excluding hydrogens is 560 g/mol. The molecule has 6 aromatic rings. The second kappa shape index (κ2) is 12.1. The number of hydrogen-bond acceptors (Lipinski definition) is 4. The highest BCUT2D eigenvalue weighted by Gasteiger charge is 2.29. The summed E-state index contributed by atoms with van der Waals surface area (Å²) in [5, 5.41) is 2.38. The van der Waals surface area contributed by atoms with E-state index >= 15 is 0 Å². The molecule has 0 saturated carbocycles. The van der Waals surface area contributed by atoms with Crippen LogP contribution >= 0.6 is 0 Å². The van der Waals surface area contributed by atoms with Gasteiger partial charge in [-0.15, -0.1) is 0 Å². The molecule has 0 N–H and O–H groups in total. The van der Waals surface area contributed by atoms with Gasteiger partial charge in [0.15, 0.2) is 0 Å². The molecule has 6 rings (SSSR count). The van der Waals surface area contributed by atoms with E-state index in [1.165, 1.54) is 83.5 Å². The quantitative estimate of drug-likeness (QED) is 0.189. The Bertz CT molecular complexity index is 1970. The third-order valence-electron chi connectivity index (χ3n) is 9.51. The van der Waals surface area contributed by atoms with Gasteiger partial charge in [0.25, 0.3) is 0 Å². The van der Waals surface area contributed by atoms with Gasteiger partial charge in [-0.1, -0.05) is 71.8 Å². The van der Waals surface area contributed by atoms with Gasteiger partial charge in [-0.3, -0.25) is 4.90 Å². The Labute approximate surface area is 274 Å².